The van der Waals surface area contributed by atoms with Gasteiger partial charge >= 0.3 is 0 Å². The summed E-state index contributed by atoms with van der Waals surface area (Å²) in [5.41, 5.74) is 3.39. The molecule has 2 aromatic rings. The molecule has 1 heterocycles. The molecule has 164 valence electrons. The summed E-state index contributed by atoms with van der Waals surface area (Å²) in [5, 5.41) is 14.3. The largest absolute Gasteiger partial charge is 0.497 e. The Hall–Kier alpha value is -2.05. The molecule has 0 bridgehead atoms. The minimum Gasteiger partial charge on any atom is -0.497 e. The Kier molecular flexibility index (Phi) is 6.87. The summed E-state index contributed by atoms with van der Waals surface area (Å²) in [7, 11) is 1.63. The number of methoxy groups -OCH3 is 1. The average Bonchev–Trinajstić information content (AvgIpc) is 3.64. The maximum atomic E-state index is 13.9. The van der Waals surface area contributed by atoms with Crippen molar-refractivity contribution in [3.8, 4) is 5.75 Å². The third-order valence-electron chi connectivity index (χ3n) is 5.91. The first kappa shape index (κ1) is 22.2. The highest BCUT2D eigenvalue weighted by atomic mass is 35.5. The van der Waals surface area contributed by atoms with Crippen molar-refractivity contribution in [2.24, 2.45) is 0 Å². The molecule has 1 amide bonds. The smallest absolute Gasteiger partial charge is 0.252 e. The van der Waals surface area contributed by atoms with Gasteiger partial charge in [0.25, 0.3) is 5.91 Å². The SMILES string of the molecule is COc1ccc(C2=C(C(=O)N(Cc3cccc(Cl)c3Cl)C3CC3)C(CO)NCC2)cc1. The lowest BCUT2D eigenvalue weighted by molar-refractivity contribution is -0.128. The van der Waals surface area contributed by atoms with Gasteiger partial charge in [0.15, 0.2) is 0 Å². The van der Waals surface area contributed by atoms with Crippen molar-refractivity contribution in [1.29, 1.82) is 0 Å². The second-order valence-electron chi connectivity index (χ2n) is 7.94. The molecule has 0 aromatic heterocycles. The Labute approximate surface area is 192 Å². The molecule has 1 aliphatic heterocycles. The van der Waals surface area contributed by atoms with Gasteiger partial charge in [-0.25, -0.2) is 0 Å². The van der Waals surface area contributed by atoms with E-state index in [-0.39, 0.29) is 18.6 Å². The number of halogens is 2. The van der Waals surface area contributed by atoms with E-state index in [0.717, 1.165) is 35.3 Å². The number of amides is 1. The van der Waals surface area contributed by atoms with Crippen LogP contribution >= 0.6 is 23.2 Å². The zero-order valence-corrected chi connectivity index (χ0v) is 18.9. The predicted molar refractivity (Wildman–Crippen MR) is 123 cm³/mol. The van der Waals surface area contributed by atoms with Crippen LogP contribution in [0.4, 0.5) is 0 Å². The van der Waals surface area contributed by atoms with Crippen molar-refractivity contribution in [1.82, 2.24) is 10.2 Å². The van der Waals surface area contributed by atoms with E-state index in [1.54, 1.807) is 13.2 Å². The number of aliphatic hydroxyl groups is 1. The maximum Gasteiger partial charge on any atom is 0.252 e. The van der Waals surface area contributed by atoms with Crippen molar-refractivity contribution in [2.75, 3.05) is 20.3 Å². The molecular formula is C24H26Cl2N2O3. The van der Waals surface area contributed by atoms with E-state index in [4.69, 9.17) is 27.9 Å². The summed E-state index contributed by atoms with van der Waals surface area (Å²) in [6, 6.07) is 13.0. The van der Waals surface area contributed by atoms with Crippen LogP contribution in [0.25, 0.3) is 5.57 Å². The van der Waals surface area contributed by atoms with Gasteiger partial charge in [-0.3, -0.25) is 4.79 Å². The van der Waals surface area contributed by atoms with Crippen LogP contribution in [0.2, 0.25) is 10.0 Å². The number of aliphatic hydroxyl groups excluding tert-OH is 1. The van der Waals surface area contributed by atoms with Gasteiger partial charge in [0, 0.05) is 18.2 Å². The van der Waals surface area contributed by atoms with E-state index in [1.807, 2.05) is 41.3 Å². The standard InChI is InChI=1S/C24H26Cl2N2O3/c1-31-18-9-5-15(6-10-18)19-11-12-27-21(14-29)22(19)24(30)28(17-7-8-17)13-16-3-2-4-20(25)23(16)26/h2-6,9-10,17,21,27,29H,7-8,11-14H2,1H3. The Morgan fingerprint density at radius 2 is 1.94 bits per heavy atom. The Morgan fingerprint density at radius 1 is 1.19 bits per heavy atom. The van der Waals surface area contributed by atoms with Crippen molar-refractivity contribution in [3.05, 3.63) is 69.2 Å². The van der Waals surface area contributed by atoms with E-state index in [9.17, 15) is 9.90 Å². The number of carbonyl (C=O) groups is 1. The topological polar surface area (TPSA) is 61.8 Å². The minimum atomic E-state index is -0.408. The second-order valence-corrected chi connectivity index (χ2v) is 8.72. The summed E-state index contributed by atoms with van der Waals surface area (Å²) < 4.78 is 5.27. The van der Waals surface area contributed by atoms with Crippen molar-refractivity contribution in [3.63, 3.8) is 0 Å². The number of hydrogen-bond acceptors (Lipinski definition) is 4. The molecule has 5 nitrogen and oxygen atoms in total. The van der Waals surface area contributed by atoms with Gasteiger partial charge in [0.05, 0.1) is 29.8 Å². The first-order chi connectivity index (χ1) is 15.0. The number of rotatable bonds is 7. The van der Waals surface area contributed by atoms with Gasteiger partial charge in [-0.15, -0.1) is 0 Å². The van der Waals surface area contributed by atoms with Gasteiger partial charge in [0.2, 0.25) is 0 Å². The normalized spacial score (nSPS) is 18.8. The summed E-state index contributed by atoms with van der Waals surface area (Å²) >= 11 is 12.6. The molecule has 1 saturated carbocycles. The summed E-state index contributed by atoms with van der Waals surface area (Å²) in [6.45, 7) is 0.949. The first-order valence-electron chi connectivity index (χ1n) is 10.5. The first-order valence-corrected chi connectivity index (χ1v) is 11.2. The molecule has 0 spiro atoms. The van der Waals surface area contributed by atoms with Crippen LogP contribution in [-0.2, 0) is 11.3 Å². The highest BCUT2D eigenvalue weighted by Crippen LogP contribution is 2.36. The van der Waals surface area contributed by atoms with Crippen LogP contribution in [0.5, 0.6) is 5.75 Å². The van der Waals surface area contributed by atoms with Crippen LogP contribution in [0.1, 0.15) is 30.4 Å². The van der Waals surface area contributed by atoms with Crippen LogP contribution < -0.4 is 10.1 Å². The fraction of sp³-hybridized carbons (Fsp3) is 0.375. The third kappa shape index (κ3) is 4.75. The van der Waals surface area contributed by atoms with Crippen molar-refractivity contribution < 1.29 is 14.6 Å². The van der Waals surface area contributed by atoms with Crippen molar-refractivity contribution >= 4 is 34.7 Å². The zero-order valence-electron chi connectivity index (χ0n) is 17.4. The molecule has 1 unspecified atom stereocenters. The molecular weight excluding hydrogens is 435 g/mol. The molecule has 2 aromatic carbocycles. The maximum absolute atomic E-state index is 13.9. The van der Waals surface area contributed by atoms with Gasteiger partial charge < -0.3 is 20.1 Å². The molecule has 31 heavy (non-hydrogen) atoms. The summed E-state index contributed by atoms with van der Waals surface area (Å²) in [6.07, 6.45) is 2.64. The lowest BCUT2D eigenvalue weighted by atomic mass is 9.88. The molecule has 7 heteroatoms. The van der Waals surface area contributed by atoms with Gasteiger partial charge in [-0.2, -0.15) is 0 Å². The lowest BCUT2D eigenvalue weighted by Crippen LogP contribution is -2.46. The number of carbonyl (C=O) groups excluding carboxylic acids is 1. The summed E-state index contributed by atoms with van der Waals surface area (Å²) in [4.78, 5) is 15.8. The highest BCUT2D eigenvalue weighted by molar-refractivity contribution is 6.42. The third-order valence-corrected chi connectivity index (χ3v) is 6.77. The number of hydrogen-bond donors (Lipinski definition) is 2. The van der Waals surface area contributed by atoms with E-state index in [2.05, 4.69) is 5.32 Å². The number of ether oxygens (including phenoxy) is 1. The molecule has 1 atom stereocenters. The van der Waals surface area contributed by atoms with E-state index in [0.29, 0.717) is 35.1 Å². The van der Waals surface area contributed by atoms with Gasteiger partial charge in [-0.1, -0.05) is 47.5 Å². The van der Waals surface area contributed by atoms with Gasteiger partial charge in [0.1, 0.15) is 5.75 Å². The zero-order chi connectivity index (χ0) is 22.0. The fourth-order valence-corrected chi connectivity index (χ4v) is 4.49. The fourth-order valence-electron chi connectivity index (χ4n) is 4.11. The van der Waals surface area contributed by atoms with E-state index in [1.165, 1.54) is 0 Å². The Morgan fingerprint density at radius 3 is 2.58 bits per heavy atom. The van der Waals surface area contributed by atoms with Crippen LogP contribution in [0.15, 0.2) is 48.0 Å². The molecule has 0 saturated heterocycles. The quantitative estimate of drug-likeness (QED) is 0.646. The van der Waals surface area contributed by atoms with Crippen LogP contribution in [0, 0.1) is 0 Å². The lowest BCUT2D eigenvalue weighted by Gasteiger charge is -2.33. The van der Waals surface area contributed by atoms with Gasteiger partial charge in [-0.05, 0) is 60.7 Å². The average molecular weight is 461 g/mol. The molecule has 1 aliphatic carbocycles. The second kappa shape index (κ2) is 9.61. The monoisotopic (exact) mass is 460 g/mol. The minimum absolute atomic E-state index is 0.0596. The molecule has 0 radical (unpaired) electrons. The van der Waals surface area contributed by atoms with Crippen molar-refractivity contribution in [2.45, 2.75) is 37.9 Å². The Bertz CT molecular complexity index is 987. The predicted octanol–water partition coefficient (Wildman–Crippen LogP) is 4.30. The number of benzene rings is 2. The molecule has 2 N–H and O–H groups in total. The van der Waals surface area contributed by atoms with Crippen LogP contribution in [0.3, 0.4) is 0 Å². The number of nitrogens with zero attached hydrogens (tertiary/aromatic N) is 1. The van der Waals surface area contributed by atoms with E-state index < -0.39 is 6.04 Å². The molecule has 4 rings (SSSR count). The highest BCUT2D eigenvalue weighted by Gasteiger charge is 2.38. The van der Waals surface area contributed by atoms with Crippen LogP contribution in [-0.4, -0.2) is 48.3 Å². The Balaban J connectivity index is 1.72. The molecule has 2 aliphatic rings. The molecule has 1 fully saturated rings. The van der Waals surface area contributed by atoms with E-state index >= 15 is 0 Å². The summed E-state index contributed by atoms with van der Waals surface area (Å²) in [5.74, 6) is 0.704. The number of nitrogens with one attached hydrogen (secondary N) is 1.